The van der Waals surface area contributed by atoms with E-state index in [0.29, 0.717) is 13.1 Å². The second-order valence-electron chi connectivity index (χ2n) is 5.43. The molecule has 114 valence electrons. The maximum absolute atomic E-state index is 12.2. The third-order valence-electron chi connectivity index (χ3n) is 3.55. The topological polar surface area (TPSA) is 49.4 Å². The smallest absolute Gasteiger partial charge is 0.238 e. The monoisotopic (exact) mass is 416 g/mol. The van der Waals surface area contributed by atoms with Crippen LogP contribution in [-0.2, 0) is 9.59 Å². The van der Waals surface area contributed by atoms with Crippen LogP contribution < -0.4 is 5.32 Å². The van der Waals surface area contributed by atoms with Crippen LogP contribution in [0, 0.1) is 12.8 Å². The van der Waals surface area contributed by atoms with Crippen LogP contribution >= 0.6 is 31.9 Å². The molecular formula is C15H18Br2N2O2. The Morgan fingerprint density at radius 2 is 2.10 bits per heavy atom. The quantitative estimate of drug-likeness (QED) is 0.764. The van der Waals surface area contributed by atoms with Gasteiger partial charge in [0, 0.05) is 21.4 Å². The Morgan fingerprint density at radius 1 is 1.43 bits per heavy atom. The van der Waals surface area contributed by atoms with Gasteiger partial charge in [-0.05, 0) is 75.9 Å². The fourth-order valence-electron chi connectivity index (χ4n) is 2.55. The number of hydrogen-bond donors (Lipinski definition) is 1. The average molecular weight is 418 g/mol. The number of anilines is 1. The molecule has 1 aromatic rings. The van der Waals surface area contributed by atoms with Crippen LogP contribution in [0.3, 0.4) is 0 Å². The van der Waals surface area contributed by atoms with E-state index in [9.17, 15) is 9.59 Å². The molecule has 4 nitrogen and oxygen atoms in total. The van der Waals surface area contributed by atoms with Crippen LogP contribution in [-0.4, -0.2) is 36.7 Å². The summed E-state index contributed by atoms with van der Waals surface area (Å²) in [4.78, 5) is 25.1. The van der Waals surface area contributed by atoms with Crippen molar-refractivity contribution in [3.63, 3.8) is 0 Å². The molecule has 2 rings (SSSR count). The molecule has 21 heavy (non-hydrogen) atoms. The number of benzene rings is 1. The lowest BCUT2D eigenvalue weighted by atomic mass is 10.00. The van der Waals surface area contributed by atoms with Crippen molar-refractivity contribution >= 4 is 49.7 Å². The van der Waals surface area contributed by atoms with E-state index in [2.05, 4.69) is 37.2 Å². The zero-order valence-corrected chi connectivity index (χ0v) is 15.0. The van der Waals surface area contributed by atoms with E-state index >= 15 is 0 Å². The summed E-state index contributed by atoms with van der Waals surface area (Å²) in [5.74, 6) is -0.00352. The van der Waals surface area contributed by atoms with Gasteiger partial charge >= 0.3 is 0 Å². The maximum Gasteiger partial charge on any atom is 0.238 e. The molecule has 1 N–H and O–H groups in total. The third kappa shape index (κ3) is 4.63. The van der Waals surface area contributed by atoms with E-state index in [4.69, 9.17) is 0 Å². The first-order valence-electron chi connectivity index (χ1n) is 6.92. The van der Waals surface area contributed by atoms with Gasteiger partial charge in [-0.3, -0.25) is 9.69 Å². The normalized spacial score (nSPS) is 19.3. The van der Waals surface area contributed by atoms with Gasteiger partial charge in [0.2, 0.25) is 5.91 Å². The summed E-state index contributed by atoms with van der Waals surface area (Å²) in [6.07, 6.45) is 2.89. The van der Waals surface area contributed by atoms with Crippen molar-refractivity contribution in [2.45, 2.75) is 19.8 Å². The van der Waals surface area contributed by atoms with E-state index in [1.807, 2.05) is 24.0 Å². The molecule has 6 heteroatoms. The summed E-state index contributed by atoms with van der Waals surface area (Å²) in [6, 6.07) is 3.92. The Kier molecular flexibility index (Phi) is 5.96. The van der Waals surface area contributed by atoms with Gasteiger partial charge in [0.25, 0.3) is 0 Å². The first-order chi connectivity index (χ1) is 9.99. The van der Waals surface area contributed by atoms with E-state index in [1.54, 1.807) is 0 Å². The fraction of sp³-hybridized carbons (Fsp3) is 0.467. The van der Waals surface area contributed by atoms with Crippen molar-refractivity contribution < 1.29 is 9.59 Å². The molecule has 0 spiro atoms. The number of halogens is 2. The molecule has 0 radical (unpaired) electrons. The first kappa shape index (κ1) is 16.6. The largest absolute Gasteiger partial charge is 0.323 e. The summed E-state index contributed by atoms with van der Waals surface area (Å²) >= 11 is 6.94. The highest BCUT2D eigenvalue weighted by atomic mass is 79.9. The standard InChI is InChI=1S/C15H18Br2N2O2/c1-10-5-12(16)15(13(17)6-10)18-14(21)8-19-4-2-3-11(7-19)9-20/h5-6,9,11H,2-4,7-8H2,1H3,(H,18,21). The third-order valence-corrected chi connectivity index (χ3v) is 4.80. The van der Waals surface area contributed by atoms with Gasteiger partial charge in [-0.25, -0.2) is 0 Å². The molecule has 0 bridgehead atoms. The molecule has 1 fully saturated rings. The predicted molar refractivity (Wildman–Crippen MR) is 90.4 cm³/mol. The Morgan fingerprint density at radius 3 is 2.71 bits per heavy atom. The Labute approximate surface area is 141 Å². The SMILES string of the molecule is Cc1cc(Br)c(NC(=O)CN2CCCC(C=O)C2)c(Br)c1. The number of rotatable bonds is 4. The van der Waals surface area contributed by atoms with Crippen LogP contribution in [0.25, 0.3) is 0 Å². The average Bonchev–Trinajstić information content (AvgIpc) is 2.43. The van der Waals surface area contributed by atoms with E-state index in [0.717, 1.165) is 45.9 Å². The van der Waals surface area contributed by atoms with Gasteiger partial charge in [0.1, 0.15) is 6.29 Å². The zero-order valence-electron chi connectivity index (χ0n) is 11.9. The molecule has 0 aliphatic carbocycles. The highest BCUT2D eigenvalue weighted by Gasteiger charge is 2.21. The molecule has 1 aliphatic heterocycles. The molecule has 1 atom stereocenters. The number of carbonyl (C=O) groups excluding carboxylic acids is 2. The van der Waals surface area contributed by atoms with Gasteiger partial charge in [0.05, 0.1) is 12.2 Å². The number of aldehydes is 1. The number of hydrogen-bond acceptors (Lipinski definition) is 3. The molecular weight excluding hydrogens is 400 g/mol. The Balaban J connectivity index is 1.97. The van der Waals surface area contributed by atoms with Crippen LogP contribution in [0.2, 0.25) is 0 Å². The molecule has 0 aromatic heterocycles. The number of carbonyl (C=O) groups is 2. The number of nitrogens with zero attached hydrogens (tertiary/aromatic N) is 1. The number of aryl methyl sites for hydroxylation is 1. The van der Waals surface area contributed by atoms with E-state index < -0.39 is 0 Å². The van der Waals surface area contributed by atoms with Crippen molar-refractivity contribution in [1.82, 2.24) is 4.90 Å². The molecule has 1 amide bonds. The summed E-state index contributed by atoms with van der Waals surface area (Å²) < 4.78 is 1.71. The van der Waals surface area contributed by atoms with Crippen LogP contribution in [0.1, 0.15) is 18.4 Å². The Bertz CT molecular complexity index is 525. The van der Waals surface area contributed by atoms with E-state index in [1.165, 1.54) is 0 Å². The van der Waals surface area contributed by atoms with Gasteiger partial charge in [0.15, 0.2) is 0 Å². The summed E-state index contributed by atoms with van der Waals surface area (Å²) in [6.45, 7) is 3.85. The lowest BCUT2D eigenvalue weighted by molar-refractivity contribution is -0.119. The molecule has 1 aromatic carbocycles. The van der Waals surface area contributed by atoms with Crippen molar-refractivity contribution in [2.75, 3.05) is 25.0 Å². The predicted octanol–water partition coefficient (Wildman–Crippen LogP) is 3.37. The molecule has 1 saturated heterocycles. The van der Waals surface area contributed by atoms with Gasteiger partial charge in [-0.2, -0.15) is 0 Å². The molecule has 1 heterocycles. The van der Waals surface area contributed by atoms with Crippen LogP contribution in [0.5, 0.6) is 0 Å². The number of nitrogens with one attached hydrogen (secondary N) is 1. The van der Waals surface area contributed by atoms with Crippen LogP contribution in [0.15, 0.2) is 21.1 Å². The minimum atomic E-state index is -0.0631. The van der Waals surface area contributed by atoms with Crippen LogP contribution in [0.4, 0.5) is 5.69 Å². The molecule has 0 saturated carbocycles. The van der Waals surface area contributed by atoms with Crippen molar-refractivity contribution in [2.24, 2.45) is 5.92 Å². The summed E-state index contributed by atoms with van der Waals surface area (Å²) in [7, 11) is 0. The lowest BCUT2D eigenvalue weighted by Crippen LogP contribution is -2.40. The van der Waals surface area contributed by atoms with Crippen molar-refractivity contribution in [3.05, 3.63) is 26.6 Å². The number of amides is 1. The van der Waals surface area contributed by atoms with Gasteiger partial charge in [-0.15, -0.1) is 0 Å². The Hall–Kier alpha value is -0.720. The minimum Gasteiger partial charge on any atom is -0.323 e. The second kappa shape index (κ2) is 7.51. The van der Waals surface area contributed by atoms with Crippen molar-refractivity contribution in [1.29, 1.82) is 0 Å². The molecule has 1 aliphatic rings. The van der Waals surface area contributed by atoms with Crippen molar-refractivity contribution in [3.8, 4) is 0 Å². The molecule has 1 unspecified atom stereocenters. The zero-order chi connectivity index (χ0) is 15.4. The fourth-order valence-corrected chi connectivity index (χ4v) is 4.16. The number of likely N-dealkylation sites (tertiary alicyclic amines) is 1. The lowest BCUT2D eigenvalue weighted by Gasteiger charge is -2.29. The maximum atomic E-state index is 12.2. The minimum absolute atomic E-state index is 0.0596. The van der Waals surface area contributed by atoms with Gasteiger partial charge < -0.3 is 10.1 Å². The number of piperidine rings is 1. The van der Waals surface area contributed by atoms with Gasteiger partial charge in [-0.1, -0.05) is 0 Å². The first-order valence-corrected chi connectivity index (χ1v) is 8.51. The van der Waals surface area contributed by atoms with E-state index in [-0.39, 0.29) is 11.8 Å². The summed E-state index contributed by atoms with van der Waals surface area (Å²) in [5, 5.41) is 2.92. The highest BCUT2D eigenvalue weighted by molar-refractivity contribution is 9.11. The second-order valence-corrected chi connectivity index (χ2v) is 7.13. The summed E-state index contributed by atoms with van der Waals surface area (Å²) in [5.41, 5.74) is 1.85. The highest BCUT2D eigenvalue weighted by Crippen LogP contribution is 2.32.